The molecule has 0 saturated heterocycles. The number of carbonyl (C=O) groups excluding carboxylic acids is 2. The van der Waals surface area contributed by atoms with Gasteiger partial charge in [0.15, 0.2) is 0 Å². The number of amides is 2. The summed E-state index contributed by atoms with van der Waals surface area (Å²) in [5.41, 5.74) is 7.43. The second kappa shape index (κ2) is 6.98. The highest BCUT2D eigenvalue weighted by atomic mass is 35.5. The molecule has 18 heavy (non-hydrogen) atoms. The van der Waals surface area contributed by atoms with Crippen molar-refractivity contribution in [3.8, 4) is 0 Å². The van der Waals surface area contributed by atoms with Crippen molar-refractivity contribution in [2.45, 2.75) is 13.3 Å². The fraction of sp³-hybridized carbons (Fsp3) is 0.333. The third kappa shape index (κ3) is 4.35. The summed E-state index contributed by atoms with van der Waals surface area (Å²) in [6.45, 7) is 2.16. The number of benzene rings is 1. The van der Waals surface area contributed by atoms with Crippen LogP contribution in [0.1, 0.15) is 12.0 Å². The van der Waals surface area contributed by atoms with Crippen LogP contribution in [-0.4, -0.2) is 24.2 Å². The molecule has 0 aliphatic heterocycles. The van der Waals surface area contributed by atoms with Crippen LogP contribution in [0, 0.1) is 6.92 Å². The molecule has 5 nitrogen and oxygen atoms in total. The van der Waals surface area contributed by atoms with Gasteiger partial charge >= 0.3 is 0 Å². The average Bonchev–Trinajstić information content (AvgIpc) is 2.33. The second-order valence-electron chi connectivity index (χ2n) is 3.80. The molecular formula is C12H16ClN3O2. The van der Waals surface area contributed by atoms with E-state index < -0.39 is 0 Å². The summed E-state index contributed by atoms with van der Waals surface area (Å²) in [6, 6.07) is 5.26. The third-order valence-corrected chi connectivity index (χ3v) is 2.53. The van der Waals surface area contributed by atoms with Crippen LogP contribution in [-0.2, 0) is 9.59 Å². The number of halogens is 1. The monoisotopic (exact) mass is 269 g/mol. The van der Waals surface area contributed by atoms with Gasteiger partial charge in [-0.2, -0.15) is 0 Å². The van der Waals surface area contributed by atoms with Gasteiger partial charge in [0, 0.05) is 24.3 Å². The molecule has 0 saturated carbocycles. The topological polar surface area (TPSA) is 84.2 Å². The predicted octanol–water partition coefficient (Wildman–Crippen LogP) is 1.46. The zero-order valence-electron chi connectivity index (χ0n) is 10.1. The molecule has 1 rings (SSSR count). The highest BCUT2D eigenvalue weighted by Gasteiger charge is 2.06. The normalized spacial score (nSPS) is 9.94. The molecule has 0 aliphatic rings. The van der Waals surface area contributed by atoms with E-state index in [0.29, 0.717) is 17.9 Å². The number of hydrogen-bond donors (Lipinski definition) is 3. The Kier molecular flexibility index (Phi) is 5.61. The molecule has 0 aliphatic carbocycles. The molecule has 0 bridgehead atoms. The van der Waals surface area contributed by atoms with Crippen molar-refractivity contribution in [2.75, 3.05) is 23.1 Å². The van der Waals surface area contributed by atoms with Gasteiger partial charge in [-0.25, -0.2) is 0 Å². The van der Waals surface area contributed by atoms with Gasteiger partial charge in [0.05, 0.1) is 0 Å². The maximum Gasteiger partial charge on any atom is 0.239 e. The van der Waals surface area contributed by atoms with Crippen molar-refractivity contribution in [3.05, 3.63) is 23.8 Å². The van der Waals surface area contributed by atoms with E-state index in [1.54, 1.807) is 12.1 Å². The molecule has 4 N–H and O–H groups in total. The van der Waals surface area contributed by atoms with Crippen LogP contribution in [0.2, 0.25) is 0 Å². The Balaban J connectivity index is 2.80. The largest absolute Gasteiger partial charge is 0.330 e. The number of anilines is 2. The summed E-state index contributed by atoms with van der Waals surface area (Å²) < 4.78 is 0. The van der Waals surface area contributed by atoms with Gasteiger partial charge in [-0.1, -0.05) is 6.07 Å². The van der Waals surface area contributed by atoms with Gasteiger partial charge in [0.1, 0.15) is 5.88 Å². The van der Waals surface area contributed by atoms with Gasteiger partial charge < -0.3 is 16.4 Å². The van der Waals surface area contributed by atoms with Gasteiger partial charge in [-0.15, -0.1) is 11.6 Å². The van der Waals surface area contributed by atoms with Gasteiger partial charge in [-0.3, -0.25) is 9.59 Å². The van der Waals surface area contributed by atoms with E-state index in [2.05, 4.69) is 10.6 Å². The molecule has 98 valence electrons. The summed E-state index contributed by atoms with van der Waals surface area (Å²) in [7, 11) is 0. The van der Waals surface area contributed by atoms with Crippen molar-refractivity contribution >= 4 is 34.8 Å². The fourth-order valence-electron chi connectivity index (χ4n) is 1.37. The number of nitrogens with two attached hydrogens (primary N) is 1. The van der Waals surface area contributed by atoms with Crippen LogP contribution in [0.15, 0.2) is 18.2 Å². The van der Waals surface area contributed by atoms with E-state index in [-0.39, 0.29) is 24.1 Å². The second-order valence-corrected chi connectivity index (χ2v) is 4.07. The number of hydrogen-bond acceptors (Lipinski definition) is 3. The lowest BCUT2D eigenvalue weighted by molar-refractivity contribution is -0.116. The molecule has 1 aromatic carbocycles. The number of carbonyl (C=O) groups is 2. The van der Waals surface area contributed by atoms with E-state index in [1.807, 2.05) is 13.0 Å². The van der Waals surface area contributed by atoms with Crippen LogP contribution < -0.4 is 16.4 Å². The van der Waals surface area contributed by atoms with Crippen molar-refractivity contribution in [1.82, 2.24) is 0 Å². The van der Waals surface area contributed by atoms with Gasteiger partial charge in [0.25, 0.3) is 0 Å². The lowest BCUT2D eigenvalue weighted by Gasteiger charge is -2.10. The third-order valence-electron chi connectivity index (χ3n) is 2.29. The van der Waals surface area contributed by atoms with E-state index in [1.165, 1.54) is 0 Å². The first-order valence-electron chi connectivity index (χ1n) is 5.53. The first-order chi connectivity index (χ1) is 8.56. The van der Waals surface area contributed by atoms with Crippen LogP contribution >= 0.6 is 11.6 Å². The first kappa shape index (κ1) is 14.5. The Morgan fingerprint density at radius 1 is 1.28 bits per heavy atom. The molecule has 0 heterocycles. The van der Waals surface area contributed by atoms with Crippen LogP contribution in [0.4, 0.5) is 11.4 Å². The SMILES string of the molecule is Cc1ccc(NC(=O)CCN)cc1NC(=O)CCl. The smallest absolute Gasteiger partial charge is 0.239 e. The zero-order chi connectivity index (χ0) is 13.5. The van der Waals surface area contributed by atoms with E-state index in [4.69, 9.17) is 17.3 Å². The minimum atomic E-state index is -0.287. The number of alkyl halides is 1. The highest BCUT2D eigenvalue weighted by molar-refractivity contribution is 6.29. The summed E-state index contributed by atoms with van der Waals surface area (Å²) >= 11 is 5.42. The van der Waals surface area contributed by atoms with Crippen molar-refractivity contribution in [1.29, 1.82) is 0 Å². The molecule has 0 atom stereocenters. The zero-order valence-corrected chi connectivity index (χ0v) is 10.9. The number of nitrogens with one attached hydrogen (secondary N) is 2. The predicted molar refractivity (Wildman–Crippen MR) is 72.8 cm³/mol. The maximum absolute atomic E-state index is 11.4. The molecule has 1 aromatic rings. The molecule has 2 amide bonds. The average molecular weight is 270 g/mol. The Bertz CT molecular complexity index is 449. The van der Waals surface area contributed by atoms with Crippen molar-refractivity contribution in [2.24, 2.45) is 5.73 Å². The fourth-order valence-corrected chi connectivity index (χ4v) is 1.44. The Morgan fingerprint density at radius 3 is 2.61 bits per heavy atom. The molecule has 0 spiro atoms. The summed E-state index contributed by atoms with van der Waals surface area (Å²) in [6.07, 6.45) is 0.261. The molecule has 0 unspecified atom stereocenters. The summed E-state index contributed by atoms with van der Waals surface area (Å²) in [4.78, 5) is 22.6. The maximum atomic E-state index is 11.4. The first-order valence-corrected chi connectivity index (χ1v) is 6.06. The summed E-state index contributed by atoms with van der Waals surface area (Å²) in [5, 5.41) is 5.36. The van der Waals surface area contributed by atoms with Crippen molar-refractivity contribution in [3.63, 3.8) is 0 Å². The quantitative estimate of drug-likeness (QED) is 0.708. The standard InChI is InChI=1S/C12H16ClN3O2/c1-8-2-3-9(15-11(17)4-5-14)6-10(8)16-12(18)7-13/h2-3,6H,4-5,7,14H2,1H3,(H,15,17)(H,16,18). The van der Waals surface area contributed by atoms with E-state index in [0.717, 1.165) is 5.56 Å². The lowest BCUT2D eigenvalue weighted by Crippen LogP contribution is -2.17. The Morgan fingerprint density at radius 2 is 2.00 bits per heavy atom. The Hall–Kier alpha value is -1.59. The lowest BCUT2D eigenvalue weighted by atomic mass is 10.1. The van der Waals surface area contributed by atoms with Crippen molar-refractivity contribution < 1.29 is 9.59 Å². The minimum Gasteiger partial charge on any atom is -0.330 e. The van der Waals surface area contributed by atoms with Gasteiger partial charge in [-0.05, 0) is 24.6 Å². The molecule has 0 aromatic heterocycles. The highest BCUT2D eigenvalue weighted by Crippen LogP contribution is 2.20. The number of aryl methyl sites for hydroxylation is 1. The van der Waals surface area contributed by atoms with E-state index >= 15 is 0 Å². The van der Waals surface area contributed by atoms with Crippen LogP contribution in [0.5, 0.6) is 0 Å². The van der Waals surface area contributed by atoms with E-state index in [9.17, 15) is 9.59 Å². The Labute approximate surface area is 111 Å². The molecular weight excluding hydrogens is 254 g/mol. The molecule has 0 radical (unpaired) electrons. The minimum absolute atomic E-state index is 0.108. The van der Waals surface area contributed by atoms with Crippen LogP contribution in [0.25, 0.3) is 0 Å². The number of rotatable bonds is 5. The summed E-state index contributed by atoms with van der Waals surface area (Å²) in [5.74, 6) is -0.551. The van der Waals surface area contributed by atoms with Crippen LogP contribution in [0.3, 0.4) is 0 Å². The van der Waals surface area contributed by atoms with Gasteiger partial charge in [0.2, 0.25) is 11.8 Å². The molecule has 0 fully saturated rings. The molecule has 6 heteroatoms.